The SMILES string of the molecule is Cc1ccc(C)c(NC(=O)N2CCC[C@H]2c2nnc(C(=O)Nc3cccc(F)c3)s2)c1. The molecular formula is C22H22FN5O2S. The Morgan fingerprint density at radius 3 is 2.77 bits per heavy atom. The molecule has 160 valence electrons. The van der Waals surface area contributed by atoms with Crippen molar-refractivity contribution in [1.29, 1.82) is 0 Å². The van der Waals surface area contributed by atoms with Gasteiger partial charge < -0.3 is 15.5 Å². The molecule has 3 aromatic rings. The van der Waals surface area contributed by atoms with Crippen LogP contribution >= 0.6 is 11.3 Å². The molecule has 0 aliphatic carbocycles. The summed E-state index contributed by atoms with van der Waals surface area (Å²) in [5.74, 6) is -0.897. The Balaban J connectivity index is 1.46. The zero-order valence-electron chi connectivity index (χ0n) is 17.2. The molecule has 1 atom stereocenters. The van der Waals surface area contributed by atoms with Gasteiger partial charge in [0.2, 0.25) is 5.01 Å². The molecule has 0 saturated carbocycles. The Hall–Kier alpha value is -3.33. The topological polar surface area (TPSA) is 87.2 Å². The molecule has 4 rings (SSSR count). The summed E-state index contributed by atoms with van der Waals surface area (Å²) in [7, 11) is 0. The molecule has 1 aliphatic heterocycles. The number of anilines is 2. The molecule has 2 heterocycles. The number of carbonyl (C=O) groups is 2. The van der Waals surface area contributed by atoms with Gasteiger partial charge in [-0.1, -0.05) is 29.5 Å². The van der Waals surface area contributed by atoms with Gasteiger partial charge in [0, 0.05) is 17.9 Å². The zero-order valence-corrected chi connectivity index (χ0v) is 18.0. The van der Waals surface area contributed by atoms with Crippen LogP contribution in [-0.4, -0.2) is 33.6 Å². The van der Waals surface area contributed by atoms with E-state index in [1.54, 1.807) is 11.0 Å². The Kier molecular flexibility index (Phi) is 5.94. The highest BCUT2D eigenvalue weighted by molar-refractivity contribution is 7.13. The van der Waals surface area contributed by atoms with Gasteiger partial charge in [0.1, 0.15) is 10.8 Å². The number of hydrogen-bond donors (Lipinski definition) is 2. The summed E-state index contributed by atoms with van der Waals surface area (Å²) in [6, 6.07) is 11.1. The van der Waals surface area contributed by atoms with Gasteiger partial charge in [-0.05, 0) is 62.1 Å². The van der Waals surface area contributed by atoms with Crippen molar-refractivity contribution in [3.05, 3.63) is 69.4 Å². The molecule has 1 saturated heterocycles. The molecule has 0 unspecified atom stereocenters. The number of carbonyl (C=O) groups excluding carboxylic acids is 2. The Bertz CT molecular complexity index is 1130. The molecule has 1 fully saturated rings. The van der Waals surface area contributed by atoms with E-state index in [-0.39, 0.29) is 17.1 Å². The number of nitrogens with zero attached hydrogens (tertiary/aromatic N) is 3. The highest BCUT2D eigenvalue weighted by atomic mass is 32.1. The lowest BCUT2D eigenvalue weighted by Gasteiger charge is -2.23. The molecule has 1 aliphatic rings. The summed E-state index contributed by atoms with van der Waals surface area (Å²) in [6.07, 6.45) is 1.59. The predicted octanol–water partition coefficient (Wildman–Crippen LogP) is 4.92. The average molecular weight is 440 g/mol. The third kappa shape index (κ3) is 4.72. The minimum Gasteiger partial charge on any atom is -0.320 e. The van der Waals surface area contributed by atoms with Crippen LogP contribution in [0.25, 0.3) is 0 Å². The third-order valence-electron chi connectivity index (χ3n) is 5.15. The van der Waals surface area contributed by atoms with Crippen LogP contribution in [0.5, 0.6) is 0 Å². The van der Waals surface area contributed by atoms with Crippen molar-refractivity contribution in [3.8, 4) is 0 Å². The smallest absolute Gasteiger partial charge is 0.320 e. The van der Waals surface area contributed by atoms with E-state index in [1.807, 2.05) is 32.0 Å². The van der Waals surface area contributed by atoms with Crippen LogP contribution in [0, 0.1) is 19.7 Å². The average Bonchev–Trinajstić information content (AvgIpc) is 3.40. The van der Waals surface area contributed by atoms with Crippen molar-refractivity contribution in [1.82, 2.24) is 15.1 Å². The van der Waals surface area contributed by atoms with Gasteiger partial charge in [-0.3, -0.25) is 4.79 Å². The highest BCUT2D eigenvalue weighted by Crippen LogP contribution is 2.34. The first-order valence-electron chi connectivity index (χ1n) is 9.96. The van der Waals surface area contributed by atoms with Crippen molar-refractivity contribution in [2.45, 2.75) is 32.7 Å². The van der Waals surface area contributed by atoms with E-state index in [0.29, 0.717) is 17.2 Å². The summed E-state index contributed by atoms with van der Waals surface area (Å²) >= 11 is 1.15. The minimum absolute atomic E-state index is 0.168. The van der Waals surface area contributed by atoms with Crippen molar-refractivity contribution >= 4 is 34.6 Å². The van der Waals surface area contributed by atoms with Crippen LogP contribution in [0.15, 0.2) is 42.5 Å². The van der Waals surface area contributed by atoms with Gasteiger partial charge in [0.05, 0.1) is 6.04 Å². The number of nitrogens with one attached hydrogen (secondary N) is 2. The number of aromatic nitrogens is 2. The second-order valence-corrected chi connectivity index (χ2v) is 8.52. The molecule has 9 heteroatoms. The Morgan fingerprint density at radius 2 is 1.97 bits per heavy atom. The number of benzene rings is 2. The van der Waals surface area contributed by atoms with Crippen molar-refractivity contribution in [3.63, 3.8) is 0 Å². The van der Waals surface area contributed by atoms with Crippen LogP contribution in [0.1, 0.15) is 44.8 Å². The molecular weight excluding hydrogens is 417 g/mol. The maximum Gasteiger partial charge on any atom is 0.322 e. The highest BCUT2D eigenvalue weighted by Gasteiger charge is 2.33. The van der Waals surface area contributed by atoms with E-state index in [9.17, 15) is 14.0 Å². The zero-order chi connectivity index (χ0) is 22.0. The van der Waals surface area contributed by atoms with E-state index in [1.165, 1.54) is 18.2 Å². The molecule has 31 heavy (non-hydrogen) atoms. The first kappa shape index (κ1) is 20.9. The standard InChI is InChI=1S/C22H22FN5O2S/c1-13-8-9-14(2)17(11-13)25-22(30)28-10-4-7-18(28)20-26-27-21(31-20)19(29)24-16-6-3-5-15(23)12-16/h3,5-6,8-9,11-12,18H,4,7,10H2,1-2H3,(H,24,29)(H,25,30)/t18-/m0/s1. The number of rotatable bonds is 4. The van der Waals surface area contributed by atoms with E-state index in [2.05, 4.69) is 20.8 Å². The lowest BCUT2D eigenvalue weighted by atomic mass is 10.1. The number of amides is 3. The lowest BCUT2D eigenvalue weighted by molar-refractivity contribution is 0.102. The monoisotopic (exact) mass is 439 g/mol. The van der Waals surface area contributed by atoms with Crippen LogP contribution < -0.4 is 10.6 Å². The quantitative estimate of drug-likeness (QED) is 0.604. The molecule has 3 amide bonds. The van der Waals surface area contributed by atoms with Crippen molar-refractivity contribution in [2.75, 3.05) is 17.2 Å². The fourth-order valence-corrected chi connectivity index (χ4v) is 4.42. The van der Waals surface area contributed by atoms with E-state index >= 15 is 0 Å². The van der Waals surface area contributed by atoms with E-state index in [0.717, 1.165) is 41.0 Å². The lowest BCUT2D eigenvalue weighted by Crippen LogP contribution is -2.34. The van der Waals surface area contributed by atoms with Crippen LogP contribution in [-0.2, 0) is 0 Å². The van der Waals surface area contributed by atoms with Crippen LogP contribution in [0.4, 0.5) is 20.6 Å². The largest absolute Gasteiger partial charge is 0.322 e. The van der Waals surface area contributed by atoms with Crippen LogP contribution in [0.3, 0.4) is 0 Å². The number of aryl methyl sites for hydroxylation is 2. The molecule has 0 bridgehead atoms. The molecule has 1 aromatic heterocycles. The Labute approximate surface area is 183 Å². The van der Waals surface area contributed by atoms with E-state index < -0.39 is 11.7 Å². The van der Waals surface area contributed by atoms with Gasteiger partial charge in [0.25, 0.3) is 5.91 Å². The van der Waals surface area contributed by atoms with Crippen molar-refractivity contribution < 1.29 is 14.0 Å². The van der Waals surface area contributed by atoms with Crippen molar-refractivity contribution in [2.24, 2.45) is 0 Å². The fourth-order valence-electron chi connectivity index (χ4n) is 3.54. The summed E-state index contributed by atoms with van der Waals surface area (Å²) in [5.41, 5.74) is 3.18. The first-order valence-corrected chi connectivity index (χ1v) is 10.8. The molecule has 7 nitrogen and oxygen atoms in total. The van der Waals surface area contributed by atoms with Crippen LogP contribution in [0.2, 0.25) is 0 Å². The molecule has 0 radical (unpaired) electrons. The van der Waals surface area contributed by atoms with Gasteiger partial charge in [-0.2, -0.15) is 0 Å². The Morgan fingerprint density at radius 1 is 1.13 bits per heavy atom. The molecule has 0 spiro atoms. The van der Waals surface area contributed by atoms with Gasteiger partial charge >= 0.3 is 6.03 Å². The second-order valence-electron chi connectivity index (χ2n) is 7.51. The summed E-state index contributed by atoms with van der Waals surface area (Å²) in [4.78, 5) is 27.1. The first-order chi connectivity index (χ1) is 14.9. The summed E-state index contributed by atoms with van der Waals surface area (Å²) in [5, 5.41) is 14.5. The summed E-state index contributed by atoms with van der Waals surface area (Å²) < 4.78 is 13.3. The third-order valence-corrected chi connectivity index (χ3v) is 6.17. The molecule has 2 aromatic carbocycles. The van der Waals surface area contributed by atoms with Gasteiger partial charge in [-0.25, -0.2) is 9.18 Å². The van der Waals surface area contributed by atoms with Gasteiger partial charge in [-0.15, -0.1) is 10.2 Å². The minimum atomic E-state index is -0.460. The maximum absolute atomic E-state index is 13.3. The summed E-state index contributed by atoms with van der Waals surface area (Å²) in [6.45, 7) is 4.53. The number of urea groups is 1. The second kappa shape index (κ2) is 8.81. The maximum atomic E-state index is 13.3. The fraction of sp³-hybridized carbons (Fsp3) is 0.273. The predicted molar refractivity (Wildman–Crippen MR) is 118 cm³/mol. The molecule has 2 N–H and O–H groups in total. The number of hydrogen-bond acceptors (Lipinski definition) is 5. The normalized spacial score (nSPS) is 15.7. The van der Waals surface area contributed by atoms with E-state index in [4.69, 9.17) is 0 Å². The van der Waals surface area contributed by atoms with Gasteiger partial charge in [0.15, 0.2) is 0 Å². The number of likely N-dealkylation sites (tertiary alicyclic amines) is 1. The number of halogens is 1.